The monoisotopic (exact) mass is 287 g/mol. The van der Waals surface area contributed by atoms with Crippen molar-refractivity contribution in [3.8, 4) is 0 Å². The minimum absolute atomic E-state index is 0.582. The number of thiophene rings is 1. The summed E-state index contributed by atoms with van der Waals surface area (Å²) in [6, 6.07) is 0.582. The number of nitrogens with one attached hydrogen (secondary N) is 1. The molecule has 0 radical (unpaired) electrons. The third-order valence-corrected chi connectivity index (χ3v) is 6.13. The predicted molar refractivity (Wildman–Crippen MR) is 84.5 cm³/mol. The summed E-state index contributed by atoms with van der Waals surface area (Å²) < 4.78 is 0. The maximum absolute atomic E-state index is 4.57. The Bertz CT molecular complexity index is 634. The van der Waals surface area contributed by atoms with E-state index in [1.54, 1.807) is 11.2 Å². The number of hydrogen-bond donors (Lipinski definition) is 1. The van der Waals surface area contributed by atoms with Gasteiger partial charge in [0, 0.05) is 10.9 Å². The molecule has 0 aliphatic heterocycles. The van der Waals surface area contributed by atoms with Crippen LogP contribution in [0.25, 0.3) is 10.2 Å². The van der Waals surface area contributed by atoms with Gasteiger partial charge < -0.3 is 5.32 Å². The molecule has 1 fully saturated rings. The van der Waals surface area contributed by atoms with Crippen molar-refractivity contribution in [2.45, 2.75) is 57.9 Å². The first-order chi connectivity index (χ1) is 9.83. The SMILES string of the molecule is C[C@@H]1CCCC[C@H]1Nc1ncnc2sc3c(c12)CCC3. The van der Waals surface area contributed by atoms with Gasteiger partial charge in [-0.2, -0.15) is 0 Å². The van der Waals surface area contributed by atoms with Gasteiger partial charge in [0.25, 0.3) is 0 Å². The molecule has 4 rings (SSSR count). The van der Waals surface area contributed by atoms with E-state index in [1.165, 1.54) is 60.7 Å². The molecule has 3 nitrogen and oxygen atoms in total. The highest BCUT2D eigenvalue weighted by Gasteiger charge is 2.25. The molecule has 20 heavy (non-hydrogen) atoms. The molecule has 0 unspecified atom stereocenters. The Morgan fingerprint density at radius 2 is 2.05 bits per heavy atom. The van der Waals surface area contributed by atoms with Crippen molar-refractivity contribution in [1.29, 1.82) is 0 Å². The van der Waals surface area contributed by atoms with Crippen LogP contribution < -0.4 is 5.32 Å². The van der Waals surface area contributed by atoms with Gasteiger partial charge >= 0.3 is 0 Å². The third-order valence-electron chi connectivity index (χ3n) is 4.93. The topological polar surface area (TPSA) is 37.8 Å². The van der Waals surface area contributed by atoms with Crippen LogP contribution in [0.4, 0.5) is 5.82 Å². The van der Waals surface area contributed by atoms with Crippen molar-refractivity contribution >= 4 is 27.4 Å². The first-order valence-electron chi connectivity index (χ1n) is 7.84. The van der Waals surface area contributed by atoms with Crippen LogP contribution in [0.2, 0.25) is 0 Å². The van der Waals surface area contributed by atoms with E-state index in [0.717, 1.165) is 11.7 Å². The lowest BCUT2D eigenvalue weighted by atomic mass is 9.86. The molecule has 2 atom stereocenters. The molecule has 0 spiro atoms. The molecular formula is C16H21N3S. The molecule has 4 heteroatoms. The fourth-order valence-electron chi connectivity index (χ4n) is 3.74. The lowest BCUT2D eigenvalue weighted by Crippen LogP contribution is -2.30. The van der Waals surface area contributed by atoms with E-state index >= 15 is 0 Å². The summed E-state index contributed by atoms with van der Waals surface area (Å²) in [6.07, 6.45) is 10.8. The van der Waals surface area contributed by atoms with Gasteiger partial charge in [-0.3, -0.25) is 0 Å². The van der Waals surface area contributed by atoms with E-state index in [1.807, 2.05) is 11.3 Å². The van der Waals surface area contributed by atoms with Gasteiger partial charge in [-0.05, 0) is 43.6 Å². The van der Waals surface area contributed by atoms with Gasteiger partial charge in [-0.25, -0.2) is 9.97 Å². The van der Waals surface area contributed by atoms with Crippen LogP contribution in [0.3, 0.4) is 0 Å². The van der Waals surface area contributed by atoms with Crippen LogP contribution in [0, 0.1) is 5.92 Å². The van der Waals surface area contributed by atoms with Gasteiger partial charge in [0.1, 0.15) is 17.0 Å². The van der Waals surface area contributed by atoms with Gasteiger partial charge in [0.2, 0.25) is 0 Å². The van der Waals surface area contributed by atoms with E-state index in [2.05, 4.69) is 22.2 Å². The Kier molecular flexibility index (Phi) is 3.14. The average Bonchev–Trinajstić information content (AvgIpc) is 3.02. The molecule has 2 heterocycles. The molecule has 0 saturated heterocycles. The van der Waals surface area contributed by atoms with Crippen molar-refractivity contribution in [1.82, 2.24) is 9.97 Å². The maximum Gasteiger partial charge on any atom is 0.138 e. The quantitative estimate of drug-likeness (QED) is 0.900. The second-order valence-electron chi connectivity index (χ2n) is 6.27. The molecule has 1 N–H and O–H groups in total. The van der Waals surface area contributed by atoms with E-state index in [0.29, 0.717) is 6.04 Å². The molecule has 1 saturated carbocycles. The van der Waals surface area contributed by atoms with E-state index in [-0.39, 0.29) is 0 Å². The lowest BCUT2D eigenvalue weighted by molar-refractivity contribution is 0.349. The third kappa shape index (κ3) is 2.01. The standard InChI is InChI=1S/C16H21N3S/c1-10-5-2-3-7-12(10)19-15-14-11-6-4-8-13(11)20-16(14)18-9-17-15/h9-10,12H,2-8H2,1H3,(H,17,18,19)/t10-,12-/m1/s1. The van der Waals surface area contributed by atoms with Crippen molar-refractivity contribution in [2.75, 3.05) is 5.32 Å². The molecule has 2 aliphatic carbocycles. The number of hydrogen-bond acceptors (Lipinski definition) is 4. The molecule has 2 aliphatic rings. The zero-order chi connectivity index (χ0) is 13.5. The Labute approximate surface area is 123 Å². The van der Waals surface area contributed by atoms with Crippen molar-refractivity contribution in [3.05, 3.63) is 16.8 Å². The summed E-state index contributed by atoms with van der Waals surface area (Å²) >= 11 is 1.87. The average molecular weight is 287 g/mol. The summed E-state index contributed by atoms with van der Waals surface area (Å²) in [5.74, 6) is 1.84. The molecule has 106 valence electrons. The van der Waals surface area contributed by atoms with Crippen LogP contribution in [-0.4, -0.2) is 16.0 Å². The number of fused-ring (bicyclic) bond motifs is 3. The molecule has 0 aromatic carbocycles. The normalized spacial score (nSPS) is 25.9. The van der Waals surface area contributed by atoms with Crippen LogP contribution in [-0.2, 0) is 12.8 Å². The second-order valence-corrected chi connectivity index (χ2v) is 7.36. The predicted octanol–water partition coefficient (Wildman–Crippen LogP) is 4.17. The largest absolute Gasteiger partial charge is 0.366 e. The first-order valence-corrected chi connectivity index (χ1v) is 8.66. The molecular weight excluding hydrogens is 266 g/mol. The number of aryl methyl sites for hydroxylation is 2. The summed E-state index contributed by atoms with van der Waals surface area (Å²) in [5, 5.41) is 5.07. The van der Waals surface area contributed by atoms with Gasteiger partial charge in [-0.1, -0.05) is 19.8 Å². The number of aromatic nitrogens is 2. The van der Waals surface area contributed by atoms with Crippen LogP contribution in [0.5, 0.6) is 0 Å². The highest BCUT2D eigenvalue weighted by Crippen LogP contribution is 2.39. The van der Waals surface area contributed by atoms with E-state index < -0.39 is 0 Å². The Morgan fingerprint density at radius 1 is 1.15 bits per heavy atom. The molecule has 2 aromatic heterocycles. The fourth-order valence-corrected chi connectivity index (χ4v) is 4.97. The minimum atomic E-state index is 0.582. The highest BCUT2D eigenvalue weighted by molar-refractivity contribution is 7.19. The fraction of sp³-hybridized carbons (Fsp3) is 0.625. The highest BCUT2D eigenvalue weighted by atomic mass is 32.1. The van der Waals surface area contributed by atoms with Crippen LogP contribution in [0.15, 0.2) is 6.33 Å². The Balaban J connectivity index is 1.72. The van der Waals surface area contributed by atoms with Crippen LogP contribution >= 0.6 is 11.3 Å². The Morgan fingerprint density at radius 3 is 2.95 bits per heavy atom. The zero-order valence-corrected chi connectivity index (χ0v) is 12.8. The van der Waals surface area contributed by atoms with Gasteiger partial charge in [0.05, 0.1) is 5.39 Å². The number of nitrogens with zero attached hydrogens (tertiary/aromatic N) is 2. The summed E-state index contributed by atoms with van der Waals surface area (Å²) in [4.78, 5) is 11.8. The molecule has 2 aromatic rings. The van der Waals surface area contributed by atoms with Crippen molar-refractivity contribution in [2.24, 2.45) is 5.92 Å². The Hall–Kier alpha value is -1.16. The number of rotatable bonds is 2. The van der Waals surface area contributed by atoms with Gasteiger partial charge in [0.15, 0.2) is 0 Å². The van der Waals surface area contributed by atoms with Gasteiger partial charge in [-0.15, -0.1) is 11.3 Å². The lowest BCUT2D eigenvalue weighted by Gasteiger charge is -2.30. The van der Waals surface area contributed by atoms with E-state index in [9.17, 15) is 0 Å². The molecule has 0 bridgehead atoms. The molecule has 0 amide bonds. The number of anilines is 1. The minimum Gasteiger partial charge on any atom is -0.366 e. The summed E-state index contributed by atoms with van der Waals surface area (Å²) in [5.41, 5.74) is 1.52. The van der Waals surface area contributed by atoms with Crippen molar-refractivity contribution in [3.63, 3.8) is 0 Å². The zero-order valence-electron chi connectivity index (χ0n) is 12.0. The summed E-state index contributed by atoms with van der Waals surface area (Å²) in [6.45, 7) is 2.37. The maximum atomic E-state index is 4.57. The summed E-state index contributed by atoms with van der Waals surface area (Å²) in [7, 11) is 0. The van der Waals surface area contributed by atoms with Crippen molar-refractivity contribution < 1.29 is 0 Å². The smallest absolute Gasteiger partial charge is 0.138 e. The van der Waals surface area contributed by atoms with E-state index in [4.69, 9.17) is 0 Å². The second kappa shape index (κ2) is 4.99. The first kappa shape index (κ1) is 12.6. The van der Waals surface area contributed by atoms with Crippen LogP contribution in [0.1, 0.15) is 49.5 Å².